The van der Waals surface area contributed by atoms with Crippen molar-refractivity contribution in [3.8, 4) is 5.75 Å². The number of rotatable bonds is 15. The largest absolute Gasteiger partial charge is 0.495 e. The van der Waals surface area contributed by atoms with Gasteiger partial charge < -0.3 is 64.0 Å². The second kappa shape index (κ2) is 31.1. The maximum absolute atomic E-state index is 15.8. The minimum Gasteiger partial charge on any atom is -0.495 e. The Balaban J connectivity index is 1.08. The number of halogens is 4. The number of nitrogens with one attached hydrogen (secondary N) is 2. The van der Waals surface area contributed by atoms with E-state index in [4.69, 9.17) is 28.4 Å². The lowest BCUT2D eigenvalue weighted by molar-refractivity contribution is -0.287. The summed E-state index contributed by atoms with van der Waals surface area (Å²) >= 11 is 0. The molecule has 21 nitrogen and oxygen atoms in total. The first-order valence-corrected chi connectivity index (χ1v) is 30.8. The van der Waals surface area contributed by atoms with E-state index < -0.39 is 107 Å². The Morgan fingerprint density at radius 1 is 0.898 bits per heavy atom. The minimum atomic E-state index is -4.73. The van der Waals surface area contributed by atoms with Gasteiger partial charge >= 0.3 is 12.1 Å². The number of benzene rings is 1. The van der Waals surface area contributed by atoms with Crippen LogP contribution in [0, 0.1) is 29.5 Å². The number of cyclic esters (lactones) is 1. The van der Waals surface area contributed by atoms with Crippen molar-refractivity contribution in [3.05, 3.63) is 58.6 Å². The number of carbonyl (C=O) groups is 6. The maximum atomic E-state index is 15.8. The summed E-state index contributed by atoms with van der Waals surface area (Å²) in [6.07, 6.45) is 1.45. The fourth-order valence-electron chi connectivity index (χ4n) is 12.9. The molecule has 3 saturated heterocycles. The molecule has 25 heteroatoms. The number of piperazine rings is 1. The predicted molar refractivity (Wildman–Crippen MR) is 316 cm³/mol. The molecule has 0 radical (unpaired) electrons. The molecular formula is C63H89F4N7O14. The number of fused-ring (bicyclic) bond motifs is 3. The summed E-state index contributed by atoms with van der Waals surface area (Å²) in [5.41, 5.74) is -0.0556. The second-order valence-corrected chi connectivity index (χ2v) is 24.2. The fourth-order valence-corrected chi connectivity index (χ4v) is 12.9. The maximum Gasteiger partial charge on any atom is 0.421 e. The summed E-state index contributed by atoms with van der Waals surface area (Å²) in [6, 6.07) is 0.929. The molecule has 5 heterocycles. The molecule has 12 atom stereocenters. The van der Waals surface area contributed by atoms with Crippen LogP contribution in [0.4, 0.5) is 35.0 Å². The van der Waals surface area contributed by atoms with Gasteiger partial charge in [0, 0.05) is 103 Å². The number of piperidine rings is 1. The number of ether oxygens (including phenoxy) is 6. The number of ketones is 2. The topological polar surface area (TPSA) is 258 Å². The lowest BCUT2D eigenvalue weighted by Crippen LogP contribution is -2.63. The third kappa shape index (κ3) is 17.0. The lowest BCUT2D eigenvalue weighted by Gasteiger charge is -2.45. The molecule has 0 unspecified atom stereocenters. The van der Waals surface area contributed by atoms with Gasteiger partial charge in [0.05, 0.1) is 48.9 Å². The first-order chi connectivity index (χ1) is 41.8. The predicted octanol–water partition coefficient (Wildman–Crippen LogP) is 8.13. The molecule has 4 N–H and O–H groups in total. The van der Waals surface area contributed by atoms with Crippen molar-refractivity contribution in [2.24, 2.45) is 23.7 Å². The zero-order valence-electron chi connectivity index (χ0n) is 52.1. The lowest BCUT2D eigenvalue weighted by atomic mass is 9.82. The molecule has 1 aromatic heterocycles. The quantitative estimate of drug-likeness (QED) is 0.0568. The Labute approximate surface area is 512 Å². The van der Waals surface area contributed by atoms with Crippen LogP contribution in [0.5, 0.6) is 5.75 Å². The van der Waals surface area contributed by atoms with Crippen molar-refractivity contribution >= 4 is 52.7 Å². The van der Waals surface area contributed by atoms with Gasteiger partial charge in [-0.25, -0.2) is 14.2 Å². The Morgan fingerprint density at radius 2 is 1.61 bits per heavy atom. The Kier molecular flexibility index (Phi) is 24.5. The molecule has 4 fully saturated rings. The van der Waals surface area contributed by atoms with Crippen LogP contribution in [0.15, 0.2) is 41.6 Å². The summed E-state index contributed by atoms with van der Waals surface area (Å²) < 4.78 is 92.1. The highest BCUT2D eigenvalue weighted by Gasteiger charge is 2.55. The average Bonchev–Trinajstić information content (AvgIpc) is 1.21. The van der Waals surface area contributed by atoms with Crippen LogP contribution < -0.4 is 15.4 Å². The monoisotopic (exact) mass is 1240 g/mol. The zero-order chi connectivity index (χ0) is 64.2. The number of Topliss-reactive ketones (excluding diaryl/α,β-unsaturated/α-hetero) is 2. The smallest absolute Gasteiger partial charge is 0.421 e. The van der Waals surface area contributed by atoms with Gasteiger partial charge in [0.1, 0.15) is 40.9 Å². The number of aliphatic hydroxyl groups excluding tert-OH is 1. The average molecular weight is 1240 g/mol. The van der Waals surface area contributed by atoms with E-state index in [1.54, 1.807) is 39.9 Å². The normalized spacial score (nSPS) is 30.1. The summed E-state index contributed by atoms with van der Waals surface area (Å²) in [7, 11) is 6.00. The van der Waals surface area contributed by atoms with E-state index in [1.807, 2.05) is 26.0 Å². The van der Waals surface area contributed by atoms with Gasteiger partial charge in [-0.1, -0.05) is 38.0 Å². The van der Waals surface area contributed by atoms with Gasteiger partial charge in [-0.15, -0.1) is 0 Å². The first kappa shape index (κ1) is 69.4. The van der Waals surface area contributed by atoms with Crippen LogP contribution in [0.2, 0.25) is 0 Å². The van der Waals surface area contributed by atoms with Crippen molar-refractivity contribution in [2.45, 2.75) is 186 Å². The van der Waals surface area contributed by atoms with Crippen molar-refractivity contribution in [2.75, 3.05) is 78.3 Å². The zero-order valence-corrected chi connectivity index (χ0v) is 52.1. The van der Waals surface area contributed by atoms with Gasteiger partial charge in [0.25, 0.3) is 17.6 Å². The number of anilines is 3. The molecule has 2 aromatic rings. The third-order valence-corrected chi connectivity index (χ3v) is 18.1. The highest BCUT2D eigenvalue weighted by Crippen LogP contribution is 2.40. The molecular weight excluding hydrogens is 1150 g/mol. The summed E-state index contributed by atoms with van der Waals surface area (Å²) in [5, 5.41) is 29.5. The number of esters is 1. The number of allylic oxidation sites excluding steroid dienone is 2. The number of methoxy groups -OCH3 is 4. The molecule has 4 aliphatic heterocycles. The Morgan fingerprint density at radius 3 is 2.28 bits per heavy atom. The number of aliphatic hydroxyl groups is 2. The number of hydrogen-bond acceptors (Lipinski definition) is 18. The highest BCUT2D eigenvalue weighted by atomic mass is 19.4. The summed E-state index contributed by atoms with van der Waals surface area (Å²) in [6.45, 7) is 9.13. The Bertz CT molecular complexity index is 2850. The van der Waals surface area contributed by atoms with Gasteiger partial charge in [-0.2, -0.15) is 18.2 Å². The SMILES string of the molecule is CCNc1nc(Nc2cc(F)c(C(=O)N3CCN(C(=O)CCC[C@@H]4/C=C(\C)C[C@H](OC)CC[C@H]5O[C@@](O)(C(=O)C(=O)N6CCCC[C@H]6C(=O)O[C@H](/C(C)=C/[C@@H]6CCC[C@H](OC)C6)[C@H](C)[C@@H](O)CC4=O)[C@H](C)C[C@@H]5OC)CC3)cc2OC)ncc1C(F)(F)F. The highest BCUT2D eigenvalue weighted by molar-refractivity contribution is 6.39. The van der Waals surface area contributed by atoms with E-state index in [-0.39, 0.29) is 131 Å². The molecule has 1 saturated carbocycles. The van der Waals surface area contributed by atoms with E-state index >= 15 is 4.39 Å². The number of amides is 3. The molecule has 5 aliphatic rings. The van der Waals surface area contributed by atoms with Crippen LogP contribution >= 0.6 is 0 Å². The molecule has 3 amide bonds. The fraction of sp³-hybridized carbons (Fsp3) is 0.683. The first-order valence-electron chi connectivity index (χ1n) is 30.8. The van der Waals surface area contributed by atoms with Crippen LogP contribution in [-0.4, -0.2) is 186 Å². The van der Waals surface area contributed by atoms with Crippen LogP contribution in [0.25, 0.3) is 0 Å². The molecule has 1 aromatic carbocycles. The Hall–Kier alpha value is -6.12. The molecule has 7 rings (SSSR count). The number of carbonyl (C=O) groups excluding carboxylic acids is 6. The van der Waals surface area contributed by atoms with Crippen molar-refractivity contribution < 1.29 is 85.0 Å². The number of nitrogens with zero attached hydrogens (tertiary/aromatic N) is 5. The van der Waals surface area contributed by atoms with E-state index in [0.29, 0.717) is 37.5 Å². The van der Waals surface area contributed by atoms with Gasteiger partial charge in [0.2, 0.25) is 17.6 Å². The molecule has 2 bridgehead atoms. The van der Waals surface area contributed by atoms with Crippen LogP contribution in [0.3, 0.4) is 0 Å². The number of aromatic nitrogens is 2. The molecule has 88 heavy (non-hydrogen) atoms. The van der Waals surface area contributed by atoms with Gasteiger partial charge in [0.15, 0.2) is 0 Å². The van der Waals surface area contributed by atoms with Gasteiger partial charge in [-0.3, -0.25) is 24.0 Å². The van der Waals surface area contributed by atoms with E-state index in [1.165, 1.54) is 25.2 Å². The van der Waals surface area contributed by atoms with Gasteiger partial charge in [-0.05, 0) is 115 Å². The summed E-state index contributed by atoms with van der Waals surface area (Å²) in [5.74, 6) is -11.0. The number of hydrogen-bond donors (Lipinski definition) is 4. The second-order valence-electron chi connectivity index (χ2n) is 24.2. The van der Waals surface area contributed by atoms with E-state index in [9.17, 15) is 52.2 Å². The van der Waals surface area contributed by atoms with Crippen molar-refractivity contribution in [3.63, 3.8) is 0 Å². The third-order valence-electron chi connectivity index (χ3n) is 18.1. The van der Waals surface area contributed by atoms with Crippen LogP contribution in [-0.2, 0) is 53.8 Å². The van der Waals surface area contributed by atoms with Crippen molar-refractivity contribution in [1.82, 2.24) is 24.7 Å². The van der Waals surface area contributed by atoms with Crippen molar-refractivity contribution in [1.29, 1.82) is 0 Å². The molecule has 0 spiro atoms. The summed E-state index contributed by atoms with van der Waals surface area (Å²) in [4.78, 5) is 97.6. The number of alkyl halides is 3. The van der Waals surface area contributed by atoms with E-state index in [2.05, 4.69) is 20.6 Å². The standard InChI is InChI=1S/C63H89F4N7O14/c1-10-68-57-45(63(65,66)67)35-69-61(71-57)70-47-33-46(64)44(32-52(47)85-8)58(79)73-25-23-72(24-26-73)54(77)19-14-16-41-27-36(2)28-43(84-7)20-21-51-53(86-9)30-38(4)62(82,88-51)56(78)59(80)74-22-12-11-18-48(74)60(81)87-55(39(5)49(75)34-50(41)76)37(3)29-40-15-13-17-42(31-40)83-6/h27,29,32-33,35,38-43,48-49,51,53,55,75,82H,10-26,28,30-31,34H2,1-9H3,(H2,68,69,70,71)/b36-27+,37-29+/t38-,39-,40+,41-,42+,43-,48+,49+,51-,53+,55-,62-/m1/s1. The minimum absolute atomic E-state index is 0.0138. The van der Waals surface area contributed by atoms with Crippen LogP contribution in [0.1, 0.15) is 147 Å². The molecule has 1 aliphatic carbocycles. The van der Waals surface area contributed by atoms with E-state index in [0.717, 1.165) is 42.2 Å². The molecule has 488 valence electrons.